The van der Waals surface area contributed by atoms with Crippen molar-refractivity contribution in [2.45, 2.75) is 6.04 Å². The highest BCUT2D eigenvalue weighted by atomic mass is 16.4. The van der Waals surface area contributed by atoms with Gasteiger partial charge in [-0.2, -0.15) is 0 Å². The molecule has 0 aliphatic rings. The average Bonchev–Trinajstić information content (AvgIpc) is 2.77. The number of oxazole rings is 1. The topological polar surface area (TPSA) is 72.4 Å². The van der Waals surface area contributed by atoms with Gasteiger partial charge in [0.25, 0.3) is 0 Å². The highest BCUT2D eigenvalue weighted by Crippen LogP contribution is 2.22. The molecule has 0 saturated carbocycles. The second-order valence-corrected chi connectivity index (χ2v) is 4.36. The van der Waals surface area contributed by atoms with Crippen molar-refractivity contribution in [1.29, 1.82) is 0 Å². The molecule has 1 atom stereocenters. The number of rotatable bonds is 3. The minimum Gasteiger partial charge on any atom is -0.479 e. The number of aliphatic carboxylic acids is 1. The summed E-state index contributed by atoms with van der Waals surface area (Å²) < 4.78 is 6.26. The van der Waals surface area contributed by atoms with Crippen LogP contribution < -0.4 is 5.76 Å². The van der Waals surface area contributed by atoms with Gasteiger partial charge in [0.15, 0.2) is 11.6 Å². The highest BCUT2D eigenvalue weighted by Gasteiger charge is 2.26. The number of hydrogen-bond donors (Lipinski definition) is 1. The average molecular weight is 269 g/mol. The smallest absolute Gasteiger partial charge is 0.421 e. The van der Waals surface area contributed by atoms with E-state index in [1.54, 1.807) is 54.6 Å². The molecule has 2 aromatic carbocycles. The van der Waals surface area contributed by atoms with Crippen LogP contribution in [0.15, 0.2) is 63.8 Å². The standard InChI is InChI=1S/C15H11NO4/c17-14(18)13(10-6-2-1-3-7-10)16-11-8-4-5-9-12(11)20-15(16)19/h1-9,13H,(H,17,18). The number of carbonyl (C=O) groups is 1. The Balaban J connectivity index is 2.28. The molecule has 1 unspecified atom stereocenters. The van der Waals surface area contributed by atoms with E-state index in [1.807, 2.05) is 0 Å². The van der Waals surface area contributed by atoms with Crippen LogP contribution in [0.25, 0.3) is 11.1 Å². The summed E-state index contributed by atoms with van der Waals surface area (Å²) in [5.41, 5.74) is 1.36. The lowest BCUT2D eigenvalue weighted by atomic mass is 10.1. The first-order chi connectivity index (χ1) is 9.68. The third-order valence-corrected chi connectivity index (χ3v) is 3.13. The Morgan fingerprint density at radius 3 is 2.40 bits per heavy atom. The number of carboxylic acid groups (broad SMARTS) is 1. The molecule has 3 rings (SSSR count). The van der Waals surface area contributed by atoms with Crippen molar-refractivity contribution in [2.75, 3.05) is 0 Å². The Hall–Kier alpha value is -2.82. The molecule has 0 fully saturated rings. The van der Waals surface area contributed by atoms with E-state index in [2.05, 4.69) is 0 Å². The van der Waals surface area contributed by atoms with Crippen molar-refractivity contribution in [3.8, 4) is 0 Å². The van der Waals surface area contributed by atoms with Crippen LogP contribution >= 0.6 is 0 Å². The summed E-state index contributed by atoms with van der Waals surface area (Å²) in [5, 5.41) is 9.48. The summed E-state index contributed by atoms with van der Waals surface area (Å²) in [6, 6.07) is 14.3. The Labute approximate surface area is 113 Å². The molecule has 0 aliphatic heterocycles. The van der Waals surface area contributed by atoms with Crippen molar-refractivity contribution in [1.82, 2.24) is 4.57 Å². The normalized spacial score (nSPS) is 12.4. The fourth-order valence-corrected chi connectivity index (χ4v) is 2.27. The molecule has 0 spiro atoms. The fourth-order valence-electron chi connectivity index (χ4n) is 2.27. The summed E-state index contributed by atoms with van der Waals surface area (Å²) in [6.45, 7) is 0. The quantitative estimate of drug-likeness (QED) is 0.791. The molecular formula is C15H11NO4. The number of benzene rings is 2. The first kappa shape index (κ1) is 12.2. The summed E-state index contributed by atoms with van der Waals surface area (Å²) in [6.07, 6.45) is 0. The van der Waals surface area contributed by atoms with E-state index in [0.29, 0.717) is 16.7 Å². The van der Waals surface area contributed by atoms with E-state index < -0.39 is 17.8 Å². The van der Waals surface area contributed by atoms with Gasteiger partial charge in [-0.1, -0.05) is 42.5 Å². The molecular weight excluding hydrogens is 258 g/mol. The molecule has 0 saturated heterocycles. The van der Waals surface area contributed by atoms with E-state index in [4.69, 9.17) is 4.42 Å². The third-order valence-electron chi connectivity index (χ3n) is 3.13. The van der Waals surface area contributed by atoms with Crippen LogP contribution in [0, 0.1) is 0 Å². The van der Waals surface area contributed by atoms with Crippen LogP contribution in [0.2, 0.25) is 0 Å². The van der Waals surface area contributed by atoms with E-state index in [0.717, 1.165) is 4.57 Å². The van der Waals surface area contributed by atoms with E-state index >= 15 is 0 Å². The predicted molar refractivity (Wildman–Crippen MR) is 72.7 cm³/mol. The van der Waals surface area contributed by atoms with Crippen molar-refractivity contribution in [2.24, 2.45) is 0 Å². The number of fused-ring (bicyclic) bond motifs is 1. The van der Waals surface area contributed by atoms with Crippen molar-refractivity contribution in [3.05, 3.63) is 70.7 Å². The van der Waals surface area contributed by atoms with Gasteiger partial charge in [-0.25, -0.2) is 9.59 Å². The molecule has 5 nitrogen and oxygen atoms in total. The molecule has 0 radical (unpaired) electrons. The highest BCUT2D eigenvalue weighted by molar-refractivity contribution is 5.80. The van der Waals surface area contributed by atoms with E-state index in [-0.39, 0.29) is 0 Å². The minimum absolute atomic E-state index is 0.375. The Kier molecular flexibility index (Phi) is 2.87. The Morgan fingerprint density at radius 1 is 1.05 bits per heavy atom. The van der Waals surface area contributed by atoms with Gasteiger partial charge in [-0.05, 0) is 17.7 Å². The second kappa shape index (κ2) is 4.70. The summed E-state index contributed by atoms with van der Waals surface area (Å²) >= 11 is 0. The zero-order chi connectivity index (χ0) is 14.1. The minimum atomic E-state index is -1.11. The molecule has 20 heavy (non-hydrogen) atoms. The van der Waals surface area contributed by atoms with E-state index in [1.165, 1.54) is 0 Å². The molecule has 1 aromatic heterocycles. The van der Waals surface area contributed by atoms with Gasteiger partial charge >= 0.3 is 11.7 Å². The maximum atomic E-state index is 12.0. The first-order valence-corrected chi connectivity index (χ1v) is 6.06. The SMILES string of the molecule is O=C(O)C(c1ccccc1)n1c(=O)oc2ccccc21. The summed E-state index contributed by atoms with van der Waals surface area (Å²) in [5.74, 6) is -1.78. The molecule has 0 aliphatic carbocycles. The molecule has 1 N–H and O–H groups in total. The van der Waals surface area contributed by atoms with Gasteiger partial charge in [0.1, 0.15) is 0 Å². The lowest BCUT2D eigenvalue weighted by Gasteiger charge is -2.13. The van der Waals surface area contributed by atoms with Crippen LogP contribution in [0.3, 0.4) is 0 Å². The van der Waals surface area contributed by atoms with Crippen LogP contribution in [0.5, 0.6) is 0 Å². The lowest BCUT2D eigenvalue weighted by Crippen LogP contribution is -2.27. The number of aromatic nitrogens is 1. The fraction of sp³-hybridized carbons (Fsp3) is 0.0667. The largest absolute Gasteiger partial charge is 0.479 e. The van der Waals surface area contributed by atoms with Gasteiger partial charge in [-0.15, -0.1) is 0 Å². The third kappa shape index (κ3) is 1.89. The van der Waals surface area contributed by atoms with Crippen LogP contribution in [0.1, 0.15) is 11.6 Å². The molecule has 0 bridgehead atoms. The Morgan fingerprint density at radius 2 is 1.70 bits per heavy atom. The first-order valence-electron chi connectivity index (χ1n) is 6.06. The zero-order valence-electron chi connectivity index (χ0n) is 10.4. The van der Waals surface area contributed by atoms with Crippen molar-refractivity contribution in [3.63, 3.8) is 0 Å². The summed E-state index contributed by atoms with van der Waals surface area (Å²) in [4.78, 5) is 23.6. The van der Waals surface area contributed by atoms with Crippen LogP contribution in [-0.4, -0.2) is 15.6 Å². The maximum absolute atomic E-state index is 12.0. The number of nitrogens with zero attached hydrogens (tertiary/aromatic N) is 1. The zero-order valence-corrected chi connectivity index (χ0v) is 10.4. The Bertz CT molecular complexity index is 817. The molecule has 5 heteroatoms. The van der Waals surface area contributed by atoms with Crippen LogP contribution in [-0.2, 0) is 4.79 Å². The molecule has 100 valence electrons. The van der Waals surface area contributed by atoms with Gasteiger partial charge in [-0.3, -0.25) is 4.57 Å². The van der Waals surface area contributed by atoms with Gasteiger partial charge < -0.3 is 9.52 Å². The molecule has 0 amide bonds. The number of hydrogen-bond acceptors (Lipinski definition) is 3. The molecule has 1 heterocycles. The monoisotopic (exact) mass is 269 g/mol. The van der Waals surface area contributed by atoms with Crippen molar-refractivity contribution < 1.29 is 14.3 Å². The number of para-hydroxylation sites is 2. The second-order valence-electron chi connectivity index (χ2n) is 4.36. The maximum Gasteiger partial charge on any atom is 0.421 e. The van der Waals surface area contributed by atoms with Crippen molar-refractivity contribution >= 4 is 17.1 Å². The number of carboxylic acids is 1. The lowest BCUT2D eigenvalue weighted by molar-refractivity contribution is -0.139. The van der Waals surface area contributed by atoms with Gasteiger partial charge in [0.2, 0.25) is 0 Å². The molecule has 3 aromatic rings. The van der Waals surface area contributed by atoms with Gasteiger partial charge in [0.05, 0.1) is 5.52 Å². The van der Waals surface area contributed by atoms with Gasteiger partial charge in [0, 0.05) is 0 Å². The van der Waals surface area contributed by atoms with Crippen LogP contribution in [0.4, 0.5) is 0 Å². The predicted octanol–water partition coefficient (Wildman–Crippen LogP) is 2.27. The van der Waals surface area contributed by atoms with E-state index in [9.17, 15) is 14.7 Å². The summed E-state index contributed by atoms with van der Waals surface area (Å²) in [7, 11) is 0.